The molecule has 0 aromatic rings. The number of allylic oxidation sites excluding steroid dienone is 4. The van der Waals surface area contributed by atoms with Crippen molar-refractivity contribution < 1.29 is 4.79 Å². The van der Waals surface area contributed by atoms with E-state index in [-0.39, 0.29) is 0 Å². The van der Waals surface area contributed by atoms with Crippen LogP contribution in [0.25, 0.3) is 0 Å². The van der Waals surface area contributed by atoms with E-state index in [1.54, 1.807) is 0 Å². The number of carbonyl (C=O) groups excluding carboxylic acids is 1. The van der Waals surface area contributed by atoms with E-state index < -0.39 is 0 Å². The summed E-state index contributed by atoms with van der Waals surface area (Å²) in [5.74, 6) is 0.361. The van der Waals surface area contributed by atoms with Gasteiger partial charge in [0, 0.05) is 6.42 Å². The second-order valence-electron chi connectivity index (χ2n) is 3.11. The Morgan fingerprint density at radius 1 is 1.50 bits per heavy atom. The first-order chi connectivity index (χ1) is 5.84. The van der Waals surface area contributed by atoms with Gasteiger partial charge in [-0.3, -0.25) is 4.79 Å². The van der Waals surface area contributed by atoms with Crippen LogP contribution in [0.4, 0.5) is 0 Å². The predicted molar refractivity (Wildman–Crippen MR) is 51.0 cm³/mol. The first-order valence-corrected chi connectivity index (χ1v) is 4.72. The molecule has 0 aliphatic heterocycles. The van der Waals surface area contributed by atoms with Gasteiger partial charge in [0.15, 0.2) is 5.78 Å². The summed E-state index contributed by atoms with van der Waals surface area (Å²) in [4.78, 5) is 11.1. The van der Waals surface area contributed by atoms with Gasteiger partial charge in [0.25, 0.3) is 0 Å². The fourth-order valence-corrected chi connectivity index (χ4v) is 1.42. The molecule has 0 amide bonds. The maximum Gasteiger partial charge on any atom is 0.158 e. The topological polar surface area (TPSA) is 17.1 Å². The Hall–Kier alpha value is -0.850. The van der Waals surface area contributed by atoms with Gasteiger partial charge in [-0.1, -0.05) is 25.2 Å². The van der Waals surface area contributed by atoms with E-state index in [0.29, 0.717) is 5.78 Å². The van der Waals surface area contributed by atoms with Gasteiger partial charge in [-0.25, -0.2) is 0 Å². The Kier molecular flexibility index (Phi) is 3.78. The summed E-state index contributed by atoms with van der Waals surface area (Å²) < 4.78 is 0. The van der Waals surface area contributed by atoms with Crippen molar-refractivity contribution in [3.05, 3.63) is 23.8 Å². The Labute approximate surface area is 74.2 Å². The molecule has 0 saturated heterocycles. The molecule has 0 radical (unpaired) electrons. The van der Waals surface area contributed by atoms with Gasteiger partial charge in [-0.05, 0) is 31.3 Å². The lowest BCUT2D eigenvalue weighted by molar-refractivity contribution is -0.115. The van der Waals surface area contributed by atoms with Crippen LogP contribution in [0, 0.1) is 0 Å². The van der Waals surface area contributed by atoms with Gasteiger partial charge in [0.1, 0.15) is 0 Å². The summed E-state index contributed by atoms with van der Waals surface area (Å²) >= 11 is 0. The molecule has 1 heteroatoms. The fraction of sp³-hybridized carbons (Fsp3) is 0.545. The van der Waals surface area contributed by atoms with Crippen LogP contribution in [0.5, 0.6) is 0 Å². The molecule has 0 fully saturated rings. The average Bonchev–Trinajstić information content (AvgIpc) is 2.46. The number of Topliss-reactive ketones (excluding diaryl/α,β-unsaturated/α-hetero) is 1. The maximum absolute atomic E-state index is 11.1. The molecule has 0 unspecified atom stereocenters. The number of hydrogen-bond donors (Lipinski definition) is 0. The van der Waals surface area contributed by atoms with Crippen molar-refractivity contribution in [2.75, 3.05) is 0 Å². The van der Waals surface area contributed by atoms with E-state index in [2.05, 4.69) is 25.2 Å². The van der Waals surface area contributed by atoms with Crippen molar-refractivity contribution in [3.63, 3.8) is 0 Å². The molecule has 0 spiro atoms. The van der Waals surface area contributed by atoms with Gasteiger partial charge in [0.2, 0.25) is 0 Å². The highest BCUT2D eigenvalue weighted by Gasteiger charge is 2.12. The van der Waals surface area contributed by atoms with E-state index in [4.69, 9.17) is 0 Å². The van der Waals surface area contributed by atoms with E-state index in [0.717, 1.165) is 37.7 Å². The number of carbonyl (C=O) groups is 1. The number of rotatable bonds is 4. The average molecular weight is 164 g/mol. The molecule has 1 aliphatic rings. The quantitative estimate of drug-likeness (QED) is 0.584. The van der Waals surface area contributed by atoms with Crippen LogP contribution < -0.4 is 0 Å². The zero-order chi connectivity index (χ0) is 8.81. The standard InChI is InChI=1S/C11H16O/c1-2-3-4-5-7-10-8-6-9-11(10)12/h3-4,8H,2,5-7,9H2,1H3/b4-3-. The zero-order valence-corrected chi connectivity index (χ0v) is 7.68. The lowest BCUT2D eigenvalue weighted by Gasteiger charge is -1.95. The molecule has 1 aliphatic carbocycles. The normalized spacial score (nSPS) is 17.4. The van der Waals surface area contributed by atoms with Crippen LogP contribution in [-0.4, -0.2) is 5.78 Å². The summed E-state index contributed by atoms with van der Waals surface area (Å²) in [5, 5.41) is 0. The molecule has 0 aromatic heterocycles. The maximum atomic E-state index is 11.1. The molecule has 0 bridgehead atoms. The highest BCUT2D eigenvalue weighted by atomic mass is 16.1. The zero-order valence-electron chi connectivity index (χ0n) is 7.68. The number of ketones is 1. The molecule has 66 valence electrons. The minimum atomic E-state index is 0.361. The second kappa shape index (κ2) is 4.91. The van der Waals surface area contributed by atoms with Gasteiger partial charge in [-0.15, -0.1) is 0 Å². The minimum Gasteiger partial charge on any atom is -0.295 e. The summed E-state index contributed by atoms with van der Waals surface area (Å²) in [6, 6.07) is 0. The molecular weight excluding hydrogens is 148 g/mol. The first kappa shape index (κ1) is 9.24. The number of hydrogen-bond acceptors (Lipinski definition) is 1. The smallest absolute Gasteiger partial charge is 0.158 e. The molecule has 0 aromatic carbocycles. The molecule has 1 nitrogen and oxygen atoms in total. The summed E-state index contributed by atoms with van der Waals surface area (Å²) in [6.45, 7) is 2.12. The summed E-state index contributed by atoms with van der Waals surface area (Å²) in [7, 11) is 0. The molecule has 12 heavy (non-hydrogen) atoms. The summed E-state index contributed by atoms with van der Waals surface area (Å²) in [6.07, 6.45) is 11.2. The Morgan fingerprint density at radius 2 is 2.33 bits per heavy atom. The van der Waals surface area contributed by atoms with Crippen LogP contribution in [-0.2, 0) is 4.79 Å². The van der Waals surface area contributed by atoms with Crippen molar-refractivity contribution in [2.45, 2.75) is 39.0 Å². The third-order valence-electron chi connectivity index (χ3n) is 2.10. The highest BCUT2D eigenvalue weighted by molar-refractivity contribution is 5.97. The first-order valence-electron chi connectivity index (χ1n) is 4.72. The SMILES string of the molecule is CC/C=C\CCC1=CCCC1=O. The van der Waals surface area contributed by atoms with Gasteiger partial charge in [0.05, 0.1) is 0 Å². The van der Waals surface area contributed by atoms with E-state index in [9.17, 15) is 4.79 Å². The monoisotopic (exact) mass is 164 g/mol. The van der Waals surface area contributed by atoms with Crippen molar-refractivity contribution in [1.82, 2.24) is 0 Å². The molecule has 0 N–H and O–H groups in total. The fourth-order valence-electron chi connectivity index (χ4n) is 1.42. The van der Waals surface area contributed by atoms with Crippen LogP contribution in [0.2, 0.25) is 0 Å². The highest BCUT2D eigenvalue weighted by Crippen LogP contribution is 2.18. The van der Waals surface area contributed by atoms with Crippen molar-refractivity contribution in [3.8, 4) is 0 Å². The second-order valence-corrected chi connectivity index (χ2v) is 3.11. The van der Waals surface area contributed by atoms with E-state index in [1.807, 2.05) is 0 Å². The Balaban J connectivity index is 2.23. The van der Waals surface area contributed by atoms with Gasteiger partial charge < -0.3 is 0 Å². The predicted octanol–water partition coefficient (Wildman–Crippen LogP) is 3.02. The van der Waals surface area contributed by atoms with E-state index in [1.165, 1.54) is 0 Å². The Morgan fingerprint density at radius 3 is 2.92 bits per heavy atom. The summed E-state index contributed by atoms with van der Waals surface area (Å²) in [5.41, 5.74) is 1.05. The molecule has 0 heterocycles. The van der Waals surface area contributed by atoms with Crippen LogP contribution >= 0.6 is 0 Å². The third-order valence-corrected chi connectivity index (χ3v) is 2.10. The van der Waals surface area contributed by atoms with Crippen LogP contribution in [0.15, 0.2) is 23.8 Å². The van der Waals surface area contributed by atoms with Crippen molar-refractivity contribution in [1.29, 1.82) is 0 Å². The van der Waals surface area contributed by atoms with Crippen molar-refractivity contribution >= 4 is 5.78 Å². The molecule has 0 atom stereocenters. The van der Waals surface area contributed by atoms with E-state index >= 15 is 0 Å². The Bertz CT molecular complexity index is 211. The van der Waals surface area contributed by atoms with Crippen LogP contribution in [0.3, 0.4) is 0 Å². The largest absolute Gasteiger partial charge is 0.295 e. The van der Waals surface area contributed by atoms with Crippen molar-refractivity contribution in [2.24, 2.45) is 0 Å². The van der Waals surface area contributed by atoms with Gasteiger partial charge >= 0.3 is 0 Å². The molecule has 1 rings (SSSR count). The van der Waals surface area contributed by atoms with Crippen LogP contribution in [0.1, 0.15) is 39.0 Å². The lowest BCUT2D eigenvalue weighted by Crippen LogP contribution is -1.94. The minimum absolute atomic E-state index is 0.361. The molecule has 0 saturated carbocycles. The third kappa shape index (κ3) is 2.65. The lowest BCUT2D eigenvalue weighted by atomic mass is 10.1. The molecular formula is C11H16O. The van der Waals surface area contributed by atoms with Gasteiger partial charge in [-0.2, -0.15) is 0 Å².